The predicted octanol–water partition coefficient (Wildman–Crippen LogP) is 6.01. The Balaban J connectivity index is 3.12. The second kappa shape index (κ2) is 11.5. The smallest absolute Gasteiger partial charge is 0.0443 e. The lowest BCUT2D eigenvalue weighted by atomic mass is 9.94. The largest absolute Gasteiger partial charge is 0.0654 e. The van der Waals surface area contributed by atoms with E-state index in [4.69, 9.17) is 0 Å². The van der Waals surface area contributed by atoms with Crippen molar-refractivity contribution in [2.24, 2.45) is 11.8 Å². The van der Waals surface area contributed by atoms with Crippen LogP contribution in [0, 0.1) is 18.8 Å². The van der Waals surface area contributed by atoms with Crippen LogP contribution >= 0.6 is 0 Å². The van der Waals surface area contributed by atoms with E-state index >= 15 is 0 Å². The van der Waals surface area contributed by atoms with E-state index in [1.165, 1.54) is 64.2 Å². The van der Waals surface area contributed by atoms with Crippen LogP contribution in [0.5, 0.6) is 0 Å². The molecule has 0 aromatic carbocycles. The maximum Gasteiger partial charge on any atom is -0.0443 e. The highest BCUT2D eigenvalue weighted by atomic mass is 14.1. The molecule has 0 aliphatic heterocycles. The molecule has 1 radical (unpaired) electrons. The third-order valence-electron chi connectivity index (χ3n) is 3.45. The van der Waals surface area contributed by atoms with Crippen molar-refractivity contribution in [1.29, 1.82) is 0 Å². The minimum absolute atomic E-state index is 0.636. The van der Waals surface area contributed by atoms with Crippen LogP contribution in [0.2, 0.25) is 0 Å². The SMILES string of the molecule is [CH2]C(C)CCC(C)CCCCCCCCC. The van der Waals surface area contributed by atoms with Gasteiger partial charge < -0.3 is 0 Å². The van der Waals surface area contributed by atoms with Crippen molar-refractivity contribution >= 4 is 0 Å². The first-order chi connectivity index (χ1) is 7.66. The molecule has 0 heteroatoms. The third-order valence-corrected chi connectivity index (χ3v) is 3.45. The summed E-state index contributed by atoms with van der Waals surface area (Å²) in [6.45, 7) is 11.0. The van der Waals surface area contributed by atoms with Crippen molar-refractivity contribution in [3.63, 3.8) is 0 Å². The molecule has 0 nitrogen and oxygen atoms in total. The monoisotopic (exact) mass is 225 g/mol. The topological polar surface area (TPSA) is 0 Å². The second-order valence-electron chi connectivity index (χ2n) is 5.70. The molecule has 0 heterocycles. The lowest BCUT2D eigenvalue weighted by Gasteiger charge is -2.12. The van der Waals surface area contributed by atoms with Gasteiger partial charge in [-0.15, -0.1) is 0 Å². The number of hydrogen-bond donors (Lipinski definition) is 0. The summed E-state index contributed by atoms with van der Waals surface area (Å²) >= 11 is 0. The Morgan fingerprint density at radius 2 is 1.31 bits per heavy atom. The molecule has 0 aliphatic carbocycles. The van der Waals surface area contributed by atoms with Crippen molar-refractivity contribution in [3.8, 4) is 0 Å². The molecule has 0 N–H and O–H groups in total. The molecule has 2 atom stereocenters. The van der Waals surface area contributed by atoms with Crippen molar-refractivity contribution in [1.82, 2.24) is 0 Å². The minimum atomic E-state index is 0.636. The Morgan fingerprint density at radius 1 is 0.750 bits per heavy atom. The van der Waals surface area contributed by atoms with E-state index < -0.39 is 0 Å². The summed E-state index contributed by atoms with van der Waals surface area (Å²) in [5, 5.41) is 0. The van der Waals surface area contributed by atoms with Gasteiger partial charge >= 0.3 is 0 Å². The fraction of sp³-hybridized carbons (Fsp3) is 0.938. The molecule has 97 valence electrons. The second-order valence-corrected chi connectivity index (χ2v) is 5.70. The zero-order valence-corrected chi connectivity index (χ0v) is 11.9. The van der Waals surface area contributed by atoms with Gasteiger partial charge in [0, 0.05) is 0 Å². The minimum Gasteiger partial charge on any atom is -0.0654 e. The lowest BCUT2D eigenvalue weighted by Crippen LogP contribution is -1.98. The zero-order chi connectivity index (χ0) is 12.2. The third kappa shape index (κ3) is 12.1. The maximum atomic E-state index is 4.05. The van der Waals surface area contributed by atoms with Gasteiger partial charge in [0.1, 0.15) is 0 Å². The predicted molar refractivity (Wildman–Crippen MR) is 75.5 cm³/mol. The molecule has 0 saturated carbocycles. The molecule has 0 aromatic rings. The maximum absolute atomic E-state index is 4.05. The fourth-order valence-electron chi connectivity index (χ4n) is 2.16. The Bertz CT molecular complexity index is 126. The molecule has 0 aliphatic rings. The average molecular weight is 225 g/mol. The molecule has 0 spiro atoms. The van der Waals surface area contributed by atoms with Gasteiger partial charge in [0.05, 0.1) is 0 Å². The molecule has 0 fully saturated rings. The Labute approximate surface area is 104 Å². The van der Waals surface area contributed by atoms with E-state index in [9.17, 15) is 0 Å². The Hall–Kier alpha value is 0. The standard InChI is InChI=1S/C16H33/c1-5-6-7-8-9-10-11-12-16(4)14-13-15(2)3/h15-16H,2,5-14H2,1,3-4H3. The quantitative estimate of drug-likeness (QED) is 0.377. The van der Waals surface area contributed by atoms with Crippen LogP contribution < -0.4 is 0 Å². The summed E-state index contributed by atoms with van der Waals surface area (Å²) in [6, 6.07) is 0. The average Bonchev–Trinajstić information content (AvgIpc) is 2.25. The molecule has 0 saturated heterocycles. The van der Waals surface area contributed by atoms with Crippen molar-refractivity contribution in [2.45, 2.75) is 85.0 Å². The van der Waals surface area contributed by atoms with E-state index in [-0.39, 0.29) is 0 Å². The van der Waals surface area contributed by atoms with Crippen LogP contribution in [0.4, 0.5) is 0 Å². The Kier molecular flexibility index (Phi) is 11.5. The highest BCUT2D eigenvalue weighted by Gasteiger charge is 2.03. The lowest BCUT2D eigenvalue weighted by molar-refractivity contribution is 0.421. The van der Waals surface area contributed by atoms with Crippen molar-refractivity contribution < 1.29 is 0 Å². The van der Waals surface area contributed by atoms with Crippen LogP contribution in [-0.2, 0) is 0 Å². The first-order valence-corrected chi connectivity index (χ1v) is 7.49. The van der Waals surface area contributed by atoms with Gasteiger partial charge in [-0.1, -0.05) is 91.9 Å². The first kappa shape index (κ1) is 16.0. The summed E-state index contributed by atoms with van der Waals surface area (Å²) in [4.78, 5) is 0. The van der Waals surface area contributed by atoms with Crippen LogP contribution in [-0.4, -0.2) is 0 Å². The molecule has 2 unspecified atom stereocenters. The summed E-state index contributed by atoms with van der Waals surface area (Å²) in [6.07, 6.45) is 14.2. The summed E-state index contributed by atoms with van der Waals surface area (Å²) < 4.78 is 0. The molecular formula is C16H33. The van der Waals surface area contributed by atoms with Crippen LogP contribution in [0.3, 0.4) is 0 Å². The fourth-order valence-corrected chi connectivity index (χ4v) is 2.16. The normalized spacial score (nSPS) is 13.3. The number of rotatable bonds is 11. The van der Waals surface area contributed by atoms with Crippen LogP contribution in [0.1, 0.15) is 85.0 Å². The van der Waals surface area contributed by atoms with E-state index in [0.29, 0.717) is 5.92 Å². The van der Waals surface area contributed by atoms with E-state index in [0.717, 1.165) is 5.92 Å². The van der Waals surface area contributed by atoms with Crippen molar-refractivity contribution in [3.05, 3.63) is 6.92 Å². The van der Waals surface area contributed by atoms with Gasteiger partial charge in [-0.25, -0.2) is 0 Å². The van der Waals surface area contributed by atoms with Gasteiger partial charge in [0.15, 0.2) is 0 Å². The molecule has 0 rings (SSSR count). The number of unbranched alkanes of at least 4 members (excludes halogenated alkanes) is 6. The molecular weight excluding hydrogens is 192 g/mol. The molecule has 16 heavy (non-hydrogen) atoms. The van der Waals surface area contributed by atoms with Crippen LogP contribution in [0.15, 0.2) is 0 Å². The van der Waals surface area contributed by atoms with Crippen molar-refractivity contribution in [2.75, 3.05) is 0 Å². The highest BCUT2D eigenvalue weighted by molar-refractivity contribution is 4.59. The Morgan fingerprint density at radius 3 is 1.88 bits per heavy atom. The number of hydrogen-bond acceptors (Lipinski definition) is 0. The van der Waals surface area contributed by atoms with E-state index in [2.05, 4.69) is 27.7 Å². The van der Waals surface area contributed by atoms with Crippen LogP contribution in [0.25, 0.3) is 0 Å². The highest BCUT2D eigenvalue weighted by Crippen LogP contribution is 2.18. The van der Waals surface area contributed by atoms with Gasteiger partial charge in [0.25, 0.3) is 0 Å². The first-order valence-electron chi connectivity index (χ1n) is 7.49. The van der Waals surface area contributed by atoms with Gasteiger partial charge in [-0.3, -0.25) is 0 Å². The zero-order valence-electron chi connectivity index (χ0n) is 11.9. The molecule has 0 aromatic heterocycles. The summed E-state index contributed by atoms with van der Waals surface area (Å²) in [7, 11) is 0. The molecule has 0 bridgehead atoms. The van der Waals surface area contributed by atoms with E-state index in [1.54, 1.807) is 0 Å². The van der Waals surface area contributed by atoms with E-state index in [1.807, 2.05) is 0 Å². The summed E-state index contributed by atoms with van der Waals surface area (Å²) in [5.41, 5.74) is 0. The van der Waals surface area contributed by atoms with Gasteiger partial charge in [-0.05, 0) is 11.8 Å². The van der Waals surface area contributed by atoms with Gasteiger partial charge in [-0.2, -0.15) is 0 Å². The summed E-state index contributed by atoms with van der Waals surface area (Å²) in [5.74, 6) is 1.55. The molecule has 0 amide bonds. The van der Waals surface area contributed by atoms with Gasteiger partial charge in [0.2, 0.25) is 0 Å².